The van der Waals surface area contributed by atoms with Gasteiger partial charge in [0.2, 0.25) is 0 Å². The standard InChI is InChI=1S/C9H12O4/c1-6-5-7(3-4-8(6)10)13-9(11)12-2/h5,7H,3-4H2,1-2H3. The Morgan fingerprint density at radius 1 is 1.62 bits per heavy atom. The lowest BCUT2D eigenvalue weighted by atomic mass is 9.97. The minimum atomic E-state index is -0.705. The van der Waals surface area contributed by atoms with Gasteiger partial charge in [0.1, 0.15) is 6.10 Å². The molecule has 0 aromatic heterocycles. The Morgan fingerprint density at radius 2 is 2.31 bits per heavy atom. The average Bonchev–Trinajstić information content (AvgIpc) is 2.11. The molecule has 0 saturated heterocycles. The second kappa shape index (κ2) is 4.07. The summed E-state index contributed by atoms with van der Waals surface area (Å²) in [7, 11) is 1.26. The van der Waals surface area contributed by atoms with E-state index in [2.05, 4.69) is 4.74 Å². The van der Waals surface area contributed by atoms with E-state index < -0.39 is 6.16 Å². The summed E-state index contributed by atoms with van der Waals surface area (Å²) in [5, 5.41) is 0. The number of ether oxygens (including phenoxy) is 2. The van der Waals surface area contributed by atoms with E-state index in [1.54, 1.807) is 13.0 Å². The highest BCUT2D eigenvalue weighted by Gasteiger charge is 2.20. The quantitative estimate of drug-likeness (QED) is 0.579. The fourth-order valence-corrected chi connectivity index (χ4v) is 1.19. The molecule has 0 radical (unpaired) electrons. The molecule has 1 aliphatic carbocycles. The molecule has 72 valence electrons. The Morgan fingerprint density at radius 3 is 2.85 bits per heavy atom. The molecule has 0 heterocycles. The van der Waals surface area contributed by atoms with E-state index in [4.69, 9.17) is 4.74 Å². The summed E-state index contributed by atoms with van der Waals surface area (Å²) in [6.45, 7) is 1.72. The monoisotopic (exact) mass is 184 g/mol. The number of hydrogen-bond donors (Lipinski definition) is 0. The molecular formula is C9H12O4. The summed E-state index contributed by atoms with van der Waals surface area (Å²) < 4.78 is 9.21. The van der Waals surface area contributed by atoms with Gasteiger partial charge in [-0.05, 0) is 25.0 Å². The second-order valence-corrected chi connectivity index (χ2v) is 2.92. The lowest BCUT2D eigenvalue weighted by molar-refractivity contribution is -0.116. The van der Waals surface area contributed by atoms with Crippen molar-refractivity contribution in [3.63, 3.8) is 0 Å². The molecule has 4 heteroatoms. The first-order valence-corrected chi connectivity index (χ1v) is 4.09. The van der Waals surface area contributed by atoms with Gasteiger partial charge in [0.15, 0.2) is 5.78 Å². The molecule has 1 unspecified atom stereocenters. The molecule has 1 aliphatic rings. The van der Waals surface area contributed by atoms with Crippen molar-refractivity contribution in [2.24, 2.45) is 0 Å². The van der Waals surface area contributed by atoms with Crippen LogP contribution in [0, 0.1) is 0 Å². The zero-order chi connectivity index (χ0) is 9.84. The van der Waals surface area contributed by atoms with E-state index in [0.29, 0.717) is 18.4 Å². The molecule has 0 N–H and O–H groups in total. The first-order chi connectivity index (χ1) is 6.13. The molecule has 0 saturated carbocycles. The van der Waals surface area contributed by atoms with Crippen molar-refractivity contribution in [1.82, 2.24) is 0 Å². The van der Waals surface area contributed by atoms with Crippen LogP contribution in [0.1, 0.15) is 19.8 Å². The van der Waals surface area contributed by atoms with E-state index in [-0.39, 0.29) is 11.9 Å². The van der Waals surface area contributed by atoms with Crippen molar-refractivity contribution in [2.75, 3.05) is 7.11 Å². The van der Waals surface area contributed by atoms with Crippen LogP contribution >= 0.6 is 0 Å². The van der Waals surface area contributed by atoms with E-state index in [9.17, 15) is 9.59 Å². The Hall–Kier alpha value is -1.32. The summed E-state index contributed by atoms with van der Waals surface area (Å²) in [5.41, 5.74) is 0.653. The summed E-state index contributed by atoms with van der Waals surface area (Å²) in [6, 6.07) is 0. The molecule has 1 rings (SSSR count). The summed E-state index contributed by atoms with van der Waals surface area (Å²) >= 11 is 0. The van der Waals surface area contributed by atoms with Crippen LogP contribution in [-0.2, 0) is 14.3 Å². The van der Waals surface area contributed by atoms with Crippen LogP contribution in [0.15, 0.2) is 11.6 Å². The van der Waals surface area contributed by atoms with Gasteiger partial charge in [0.05, 0.1) is 7.11 Å². The Kier molecular flexibility index (Phi) is 3.06. The van der Waals surface area contributed by atoms with Crippen molar-refractivity contribution in [3.05, 3.63) is 11.6 Å². The zero-order valence-corrected chi connectivity index (χ0v) is 7.70. The van der Waals surface area contributed by atoms with Crippen LogP contribution in [0.2, 0.25) is 0 Å². The van der Waals surface area contributed by atoms with Crippen LogP contribution in [0.4, 0.5) is 4.79 Å². The molecule has 0 aromatic carbocycles. The van der Waals surface area contributed by atoms with Gasteiger partial charge in [-0.2, -0.15) is 0 Å². The lowest BCUT2D eigenvalue weighted by Gasteiger charge is -2.17. The number of carbonyl (C=O) groups excluding carboxylic acids is 2. The van der Waals surface area contributed by atoms with Crippen molar-refractivity contribution < 1.29 is 19.1 Å². The van der Waals surface area contributed by atoms with Crippen molar-refractivity contribution in [2.45, 2.75) is 25.9 Å². The number of carbonyl (C=O) groups is 2. The highest BCUT2D eigenvalue weighted by molar-refractivity contribution is 5.95. The third-order valence-corrected chi connectivity index (χ3v) is 1.95. The maximum absolute atomic E-state index is 11.1. The highest BCUT2D eigenvalue weighted by Crippen LogP contribution is 2.17. The van der Waals surface area contributed by atoms with Gasteiger partial charge in [-0.3, -0.25) is 4.79 Å². The SMILES string of the molecule is COC(=O)OC1C=C(C)C(=O)CC1. The molecule has 0 fully saturated rings. The Bertz CT molecular complexity index is 254. The number of rotatable bonds is 1. The van der Waals surface area contributed by atoms with Crippen LogP contribution in [0.3, 0.4) is 0 Å². The normalized spacial score (nSPS) is 22.2. The molecule has 13 heavy (non-hydrogen) atoms. The molecule has 0 aromatic rings. The Balaban J connectivity index is 2.54. The van der Waals surface area contributed by atoms with Crippen molar-refractivity contribution >= 4 is 11.9 Å². The van der Waals surface area contributed by atoms with E-state index >= 15 is 0 Å². The first-order valence-electron chi connectivity index (χ1n) is 4.09. The zero-order valence-electron chi connectivity index (χ0n) is 7.70. The highest BCUT2D eigenvalue weighted by atomic mass is 16.7. The summed E-state index contributed by atoms with van der Waals surface area (Å²) in [5.74, 6) is 0.115. The molecule has 0 aliphatic heterocycles. The topological polar surface area (TPSA) is 52.6 Å². The third kappa shape index (κ3) is 2.57. The predicted molar refractivity (Wildman–Crippen MR) is 45.3 cm³/mol. The fraction of sp³-hybridized carbons (Fsp3) is 0.556. The van der Waals surface area contributed by atoms with Gasteiger partial charge < -0.3 is 9.47 Å². The second-order valence-electron chi connectivity index (χ2n) is 2.92. The molecular weight excluding hydrogens is 172 g/mol. The van der Waals surface area contributed by atoms with Gasteiger partial charge in [0, 0.05) is 6.42 Å². The van der Waals surface area contributed by atoms with E-state index in [1.807, 2.05) is 0 Å². The van der Waals surface area contributed by atoms with Crippen LogP contribution in [0.5, 0.6) is 0 Å². The summed E-state index contributed by atoms with van der Waals surface area (Å²) in [6.07, 6.45) is 1.62. The number of allylic oxidation sites excluding steroid dienone is 1. The smallest absolute Gasteiger partial charge is 0.438 e. The molecule has 0 spiro atoms. The number of methoxy groups -OCH3 is 1. The van der Waals surface area contributed by atoms with Crippen LogP contribution in [-0.4, -0.2) is 25.2 Å². The maximum atomic E-state index is 11.1. The molecule has 1 atom stereocenters. The van der Waals surface area contributed by atoms with E-state index in [0.717, 1.165) is 0 Å². The predicted octanol–water partition coefficient (Wildman–Crippen LogP) is 1.45. The maximum Gasteiger partial charge on any atom is 0.508 e. The lowest BCUT2D eigenvalue weighted by Crippen LogP contribution is -2.22. The van der Waals surface area contributed by atoms with Gasteiger partial charge in [-0.1, -0.05) is 0 Å². The van der Waals surface area contributed by atoms with Crippen LogP contribution in [0.25, 0.3) is 0 Å². The van der Waals surface area contributed by atoms with E-state index in [1.165, 1.54) is 7.11 Å². The molecule has 4 nitrogen and oxygen atoms in total. The van der Waals surface area contributed by atoms with Gasteiger partial charge in [0.25, 0.3) is 0 Å². The first kappa shape index (κ1) is 9.77. The third-order valence-electron chi connectivity index (χ3n) is 1.95. The molecule has 0 amide bonds. The van der Waals surface area contributed by atoms with Gasteiger partial charge >= 0.3 is 6.16 Å². The average molecular weight is 184 g/mol. The minimum absolute atomic E-state index is 0.115. The minimum Gasteiger partial charge on any atom is -0.438 e. The van der Waals surface area contributed by atoms with Crippen molar-refractivity contribution in [1.29, 1.82) is 0 Å². The largest absolute Gasteiger partial charge is 0.508 e. The number of ketones is 1. The van der Waals surface area contributed by atoms with Crippen molar-refractivity contribution in [3.8, 4) is 0 Å². The Labute approximate surface area is 76.5 Å². The van der Waals surface area contributed by atoms with Gasteiger partial charge in [-0.25, -0.2) is 4.79 Å². The van der Waals surface area contributed by atoms with Gasteiger partial charge in [-0.15, -0.1) is 0 Å². The summed E-state index contributed by atoms with van der Waals surface area (Å²) in [4.78, 5) is 21.8. The molecule has 0 bridgehead atoms. The fourth-order valence-electron chi connectivity index (χ4n) is 1.19. The van der Waals surface area contributed by atoms with Crippen LogP contribution < -0.4 is 0 Å². The number of Topliss-reactive ketones (excluding diaryl/α,β-unsaturated/α-hetero) is 1. The number of hydrogen-bond acceptors (Lipinski definition) is 4.